The van der Waals surface area contributed by atoms with Gasteiger partial charge in [-0.2, -0.15) is 0 Å². The quantitative estimate of drug-likeness (QED) is 0.789. The Balaban J connectivity index is 2.05. The van der Waals surface area contributed by atoms with Crippen LogP contribution in [0.2, 0.25) is 0 Å². The Labute approximate surface area is 127 Å². The van der Waals surface area contributed by atoms with E-state index in [1.807, 2.05) is 19.1 Å². The van der Waals surface area contributed by atoms with Crippen molar-refractivity contribution in [3.63, 3.8) is 0 Å². The molecular weight excluding hydrogens is 286 g/mol. The van der Waals surface area contributed by atoms with Gasteiger partial charge in [0.2, 0.25) is 10.0 Å². The highest BCUT2D eigenvalue weighted by Gasteiger charge is 2.23. The summed E-state index contributed by atoms with van der Waals surface area (Å²) in [5.41, 5.74) is 0.815. The predicted molar refractivity (Wildman–Crippen MR) is 84.6 cm³/mol. The molecule has 0 spiro atoms. The van der Waals surface area contributed by atoms with E-state index in [4.69, 9.17) is 0 Å². The molecule has 1 atom stereocenters. The van der Waals surface area contributed by atoms with Crippen molar-refractivity contribution in [3.05, 3.63) is 29.8 Å². The van der Waals surface area contributed by atoms with Crippen LogP contribution in [0.25, 0.3) is 0 Å². The number of hydrogen-bond acceptors (Lipinski definition) is 4. The van der Waals surface area contributed by atoms with Crippen LogP contribution in [0.15, 0.2) is 29.2 Å². The topological polar surface area (TPSA) is 61.4 Å². The summed E-state index contributed by atoms with van der Waals surface area (Å²) >= 11 is 0. The highest BCUT2D eigenvalue weighted by Crippen LogP contribution is 2.17. The van der Waals surface area contributed by atoms with Crippen molar-refractivity contribution in [1.29, 1.82) is 0 Å². The highest BCUT2D eigenvalue weighted by atomic mass is 32.2. The summed E-state index contributed by atoms with van der Waals surface area (Å²) < 4.78 is 27.8. The van der Waals surface area contributed by atoms with Gasteiger partial charge in [-0.05, 0) is 44.1 Å². The van der Waals surface area contributed by atoms with Crippen LogP contribution in [-0.4, -0.2) is 46.5 Å². The maximum Gasteiger partial charge on any atom is 0.240 e. The molecule has 1 aromatic rings. The minimum atomic E-state index is -3.43. The fourth-order valence-corrected chi connectivity index (χ4v) is 4.02. The molecule has 0 aliphatic carbocycles. The van der Waals surface area contributed by atoms with E-state index in [-0.39, 0.29) is 0 Å². The maximum atomic E-state index is 12.5. The molecule has 1 unspecified atom stereocenters. The van der Waals surface area contributed by atoms with Crippen molar-refractivity contribution in [2.75, 3.05) is 33.2 Å². The zero-order valence-electron chi connectivity index (χ0n) is 12.8. The van der Waals surface area contributed by atoms with Crippen molar-refractivity contribution in [2.45, 2.75) is 24.8 Å². The lowest BCUT2D eigenvalue weighted by molar-refractivity contribution is 0.394. The molecule has 0 radical (unpaired) electrons. The first-order valence-electron chi connectivity index (χ1n) is 7.49. The van der Waals surface area contributed by atoms with Crippen LogP contribution in [0.4, 0.5) is 0 Å². The summed E-state index contributed by atoms with van der Waals surface area (Å²) in [6.45, 7) is 5.91. The summed E-state index contributed by atoms with van der Waals surface area (Å²) in [5.74, 6) is 0.408. The van der Waals surface area contributed by atoms with Crippen molar-refractivity contribution in [3.8, 4) is 0 Å². The van der Waals surface area contributed by atoms with Crippen LogP contribution in [0.5, 0.6) is 0 Å². The number of nitrogens with zero attached hydrogens (tertiary/aromatic N) is 1. The third-order valence-electron chi connectivity index (χ3n) is 3.88. The molecule has 0 amide bonds. The first-order valence-corrected chi connectivity index (χ1v) is 8.98. The molecule has 6 heteroatoms. The van der Waals surface area contributed by atoms with Crippen LogP contribution >= 0.6 is 0 Å². The fraction of sp³-hybridized carbons (Fsp3) is 0.600. The molecule has 5 nitrogen and oxygen atoms in total. The molecular formula is C15H25N3O2S. The van der Waals surface area contributed by atoms with Gasteiger partial charge in [-0.1, -0.05) is 25.1 Å². The fourth-order valence-electron chi connectivity index (χ4n) is 2.67. The van der Waals surface area contributed by atoms with E-state index >= 15 is 0 Å². The first kappa shape index (κ1) is 16.4. The van der Waals surface area contributed by atoms with E-state index < -0.39 is 10.0 Å². The lowest BCUT2D eigenvalue weighted by Crippen LogP contribution is -2.31. The van der Waals surface area contributed by atoms with Gasteiger partial charge in [0.1, 0.15) is 0 Å². The number of benzene rings is 1. The molecule has 1 aromatic carbocycles. The Morgan fingerprint density at radius 3 is 2.76 bits per heavy atom. The molecule has 1 aliphatic heterocycles. The Morgan fingerprint density at radius 2 is 2.10 bits per heavy atom. The first-order chi connectivity index (χ1) is 10.0. The van der Waals surface area contributed by atoms with Crippen LogP contribution in [0.1, 0.15) is 18.9 Å². The van der Waals surface area contributed by atoms with Crippen LogP contribution in [0, 0.1) is 5.92 Å². The smallest absolute Gasteiger partial charge is 0.240 e. The second-order valence-corrected chi connectivity index (χ2v) is 7.39. The zero-order valence-corrected chi connectivity index (χ0v) is 13.6. The van der Waals surface area contributed by atoms with Gasteiger partial charge in [-0.15, -0.1) is 0 Å². The molecule has 118 valence electrons. The summed E-state index contributed by atoms with van der Waals surface area (Å²) in [6, 6.07) is 7.18. The molecule has 1 aliphatic rings. The van der Waals surface area contributed by atoms with E-state index in [1.54, 1.807) is 12.1 Å². The summed E-state index contributed by atoms with van der Waals surface area (Å²) in [5, 5.41) is 3.18. The molecule has 1 saturated heterocycles. The molecule has 0 saturated carbocycles. The monoisotopic (exact) mass is 311 g/mol. The van der Waals surface area contributed by atoms with Crippen molar-refractivity contribution >= 4 is 10.0 Å². The third kappa shape index (κ3) is 4.51. The number of sulfonamides is 1. The number of likely N-dealkylation sites (tertiary alicyclic amines) is 1. The normalized spacial score (nSPS) is 20.0. The van der Waals surface area contributed by atoms with Crippen LogP contribution in [-0.2, 0) is 16.6 Å². The van der Waals surface area contributed by atoms with Gasteiger partial charge in [-0.3, -0.25) is 0 Å². The Morgan fingerprint density at radius 1 is 1.33 bits per heavy atom. The molecule has 0 bridgehead atoms. The number of nitrogens with one attached hydrogen (secondary N) is 2. The van der Waals surface area contributed by atoms with Crippen LogP contribution < -0.4 is 10.0 Å². The Hall–Kier alpha value is -0.950. The summed E-state index contributed by atoms with van der Waals surface area (Å²) in [6.07, 6.45) is 1.05. The van der Waals surface area contributed by atoms with E-state index in [9.17, 15) is 8.42 Å². The standard InChI is InChI=1S/C15H25N3O2S/c1-3-16-11-14-6-4-5-7-15(14)21(19,20)17-10-13-8-9-18(2)12-13/h4-7,13,16-17H,3,8-12H2,1-2H3. The second kappa shape index (κ2) is 7.35. The molecule has 1 fully saturated rings. The Bertz CT molecular complexity index is 560. The average molecular weight is 311 g/mol. The largest absolute Gasteiger partial charge is 0.313 e. The minimum Gasteiger partial charge on any atom is -0.313 e. The molecule has 21 heavy (non-hydrogen) atoms. The van der Waals surface area contributed by atoms with Gasteiger partial charge in [0.15, 0.2) is 0 Å². The average Bonchev–Trinajstić information content (AvgIpc) is 2.89. The highest BCUT2D eigenvalue weighted by molar-refractivity contribution is 7.89. The van der Waals surface area contributed by atoms with Gasteiger partial charge < -0.3 is 10.2 Å². The van der Waals surface area contributed by atoms with E-state index in [0.717, 1.165) is 31.6 Å². The van der Waals surface area contributed by atoms with Gasteiger partial charge in [0.25, 0.3) is 0 Å². The Kier molecular flexibility index (Phi) is 5.75. The number of hydrogen-bond donors (Lipinski definition) is 2. The zero-order chi connectivity index (χ0) is 15.3. The molecule has 2 rings (SSSR count). The maximum absolute atomic E-state index is 12.5. The molecule has 0 aromatic heterocycles. The molecule has 2 N–H and O–H groups in total. The second-order valence-electron chi connectivity index (χ2n) is 5.66. The lowest BCUT2D eigenvalue weighted by Gasteiger charge is -2.14. The van der Waals surface area contributed by atoms with Crippen molar-refractivity contribution in [1.82, 2.24) is 14.9 Å². The van der Waals surface area contributed by atoms with Gasteiger partial charge >= 0.3 is 0 Å². The van der Waals surface area contributed by atoms with Crippen molar-refractivity contribution < 1.29 is 8.42 Å². The molecule has 1 heterocycles. The van der Waals surface area contributed by atoms with Crippen LogP contribution in [0.3, 0.4) is 0 Å². The number of rotatable bonds is 7. The minimum absolute atomic E-state index is 0.386. The van der Waals surface area contributed by atoms with Crippen molar-refractivity contribution in [2.24, 2.45) is 5.92 Å². The van der Waals surface area contributed by atoms with Gasteiger partial charge in [-0.25, -0.2) is 13.1 Å². The van der Waals surface area contributed by atoms with E-state index in [2.05, 4.69) is 22.0 Å². The van der Waals surface area contributed by atoms with Gasteiger partial charge in [0, 0.05) is 19.6 Å². The van der Waals surface area contributed by atoms with Gasteiger partial charge in [0.05, 0.1) is 4.90 Å². The summed E-state index contributed by atoms with van der Waals surface area (Å²) in [4.78, 5) is 2.62. The SMILES string of the molecule is CCNCc1ccccc1S(=O)(=O)NCC1CCN(C)C1. The lowest BCUT2D eigenvalue weighted by atomic mass is 10.1. The van der Waals surface area contributed by atoms with E-state index in [1.165, 1.54) is 0 Å². The third-order valence-corrected chi connectivity index (χ3v) is 5.40. The summed E-state index contributed by atoms with van der Waals surface area (Å²) in [7, 11) is -1.37. The predicted octanol–water partition coefficient (Wildman–Crippen LogP) is 1.03. The van der Waals surface area contributed by atoms with E-state index in [0.29, 0.717) is 23.9 Å².